The topological polar surface area (TPSA) is 63.8 Å². The van der Waals surface area contributed by atoms with Gasteiger partial charge in [0, 0.05) is 10.6 Å². The zero-order valence-corrected chi connectivity index (χ0v) is 10.2. The second-order valence-electron chi connectivity index (χ2n) is 3.30. The number of hydrazine groups is 1. The number of nitrogens with zero attached hydrogens (tertiary/aromatic N) is 2. The molecule has 4 nitrogen and oxygen atoms in total. The van der Waals surface area contributed by atoms with Crippen molar-refractivity contribution in [3.63, 3.8) is 0 Å². The first-order valence-corrected chi connectivity index (χ1v) is 6.35. The molecular formula is C9H12N4S2. The number of hydrogen-bond donors (Lipinski definition) is 2. The Hall–Kier alpha value is -0.850. The quantitative estimate of drug-likeness (QED) is 0.373. The number of thiophene rings is 1. The van der Waals surface area contributed by atoms with Gasteiger partial charge in [-0.25, -0.2) is 15.8 Å². The molecule has 15 heavy (non-hydrogen) atoms. The Kier molecular flexibility index (Phi) is 3.08. The minimum atomic E-state index is 0.480. The highest BCUT2D eigenvalue weighted by Gasteiger charge is 2.10. The van der Waals surface area contributed by atoms with Gasteiger partial charge in [0.15, 0.2) is 0 Å². The summed E-state index contributed by atoms with van der Waals surface area (Å²) in [5.74, 6) is 5.81. The Balaban J connectivity index is 2.53. The molecule has 6 heteroatoms. The normalized spacial score (nSPS) is 11.2. The van der Waals surface area contributed by atoms with Crippen molar-refractivity contribution in [2.45, 2.75) is 24.1 Å². The largest absolute Gasteiger partial charge is 0.292 e. The third-order valence-corrected chi connectivity index (χ3v) is 3.58. The molecule has 2 rings (SSSR count). The highest BCUT2D eigenvalue weighted by Crippen LogP contribution is 2.31. The summed E-state index contributed by atoms with van der Waals surface area (Å²) in [6, 6.07) is 2.05. The number of fused-ring (bicyclic) bond motifs is 1. The van der Waals surface area contributed by atoms with E-state index in [0.717, 1.165) is 15.2 Å². The van der Waals surface area contributed by atoms with Crippen LogP contribution in [-0.2, 0) is 0 Å². The summed E-state index contributed by atoms with van der Waals surface area (Å²) in [5, 5.41) is 4.61. The van der Waals surface area contributed by atoms with Gasteiger partial charge in [-0.1, -0.05) is 13.8 Å². The molecule has 0 fully saturated rings. The van der Waals surface area contributed by atoms with E-state index in [1.165, 1.54) is 0 Å². The Bertz CT molecular complexity index is 466. The molecule has 0 atom stereocenters. The van der Waals surface area contributed by atoms with E-state index in [0.29, 0.717) is 11.2 Å². The summed E-state index contributed by atoms with van der Waals surface area (Å²) in [6.45, 7) is 4.28. The van der Waals surface area contributed by atoms with Gasteiger partial charge >= 0.3 is 0 Å². The fourth-order valence-corrected chi connectivity index (χ4v) is 2.91. The molecular weight excluding hydrogens is 228 g/mol. The smallest absolute Gasteiger partial charge is 0.239 e. The first-order chi connectivity index (χ1) is 7.20. The van der Waals surface area contributed by atoms with E-state index in [-0.39, 0.29) is 0 Å². The SMILES string of the molecule is CC(C)Sc1nc(NN)nc2sccc12. The molecule has 0 bridgehead atoms. The Morgan fingerprint density at radius 2 is 2.27 bits per heavy atom. The van der Waals surface area contributed by atoms with Crippen molar-refractivity contribution in [2.24, 2.45) is 5.84 Å². The van der Waals surface area contributed by atoms with Crippen molar-refractivity contribution in [3.8, 4) is 0 Å². The molecule has 80 valence electrons. The molecule has 0 aliphatic heterocycles. The summed E-state index contributed by atoms with van der Waals surface area (Å²) in [5.41, 5.74) is 2.49. The molecule has 0 aliphatic carbocycles. The van der Waals surface area contributed by atoms with Crippen molar-refractivity contribution in [1.82, 2.24) is 9.97 Å². The lowest BCUT2D eigenvalue weighted by atomic mass is 10.4. The standard InChI is InChI=1S/C9H12N4S2/c1-5(2)15-8-6-3-4-14-7(6)11-9(12-8)13-10/h3-5H,10H2,1-2H3,(H,11,12,13). The van der Waals surface area contributed by atoms with Crippen LogP contribution in [-0.4, -0.2) is 15.2 Å². The maximum Gasteiger partial charge on any atom is 0.239 e. The lowest BCUT2D eigenvalue weighted by molar-refractivity contribution is 1.05. The minimum Gasteiger partial charge on any atom is -0.292 e. The molecule has 0 saturated carbocycles. The monoisotopic (exact) mass is 240 g/mol. The lowest BCUT2D eigenvalue weighted by Gasteiger charge is -2.06. The van der Waals surface area contributed by atoms with Crippen LogP contribution >= 0.6 is 23.1 Å². The number of nitrogen functional groups attached to an aromatic ring is 1. The van der Waals surface area contributed by atoms with Crippen LogP contribution < -0.4 is 11.3 Å². The van der Waals surface area contributed by atoms with Crippen LogP contribution in [0, 0.1) is 0 Å². The molecule has 0 unspecified atom stereocenters. The van der Waals surface area contributed by atoms with Crippen LogP contribution in [0.2, 0.25) is 0 Å². The van der Waals surface area contributed by atoms with Gasteiger partial charge in [-0.05, 0) is 11.4 Å². The van der Waals surface area contributed by atoms with Crippen molar-refractivity contribution in [1.29, 1.82) is 0 Å². The van der Waals surface area contributed by atoms with Gasteiger partial charge in [-0.15, -0.1) is 23.1 Å². The number of aromatic nitrogens is 2. The third-order valence-electron chi connectivity index (χ3n) is 1.77. The highest BCUT2D eigenvalue weighted by atomic mass is 32.2. The van der Waals surface area contributed by atoms with Gasteiger partial charge in [0.25, 0.3) is 0 Å². The van der Waals surface area contributed by atoms with E-state index in [1.54, 1.807) is 23.1 Å². The van der Waals surface area contributed by atoms with E-state index >= 15 is 0 Å². The molecule has 0 amide bonds. The van der Waals surface area contributed by atoms with Gasteiger partial charge in [0.05, 0.1) is 0 Å². The van der Waals surface area contributed by atoms with E-state index in [4.69, 9.17) is 5.84 Å². The summed E-state index contributed by atoms with van der Waals surface area (Å²) in [7, 11) is 0. The zero-order valence-electron chi connectivity index (χ0n) is 8.52. The number of thioether (sulfide) groups is 1. The predicted molar refractivity (Wildman–Crippen MR) is 66.2 cm³/mol. The summed E-state index contributed by atoms with van der Waals surface area (Å²) in [4.78, 5) is 9.61. The van der Waals surface area contributed by atoms with Gasteiger partial charge in [-0.3, -0.25) is 5.43 Å². The Labute approximate surface area is 96.3 Å². The molecule has 2 aromatic rings. The second-order valence-corrected chi connectivity index (χ2v) is 5.76. The van der Waals surface area contributed by atoms with Crippen LogP contribution in [0.1, 0.15) is 13.8 Å². The molecule has 2 heterocycles. The molecule has 2 aromatic heterocycles. The van der Waals surface area contributed by atoms with Crippen molar-refractivity contribution < 1.29 is 0 Å². The van der Waals surface area contributed by atoms with Gasteiger partial charge in [-0.2, -0.15) is 0 Å². The Morgan fingerprint density at radius 3 is 2.93 bits per heavy atom. The molecule has 0 aromatic carbocycles. The van der Waals surface area contributed by atoms with E-state index < -0.39 is 0 Å². The zero-order chi connectivity index (χ0) is 10.8. The molecule has 0 spiro atoms. The van der Waals surface area contributed by atoms with Gasteiger partial charge in [0.2, 0.25) is 5.95 Å². The van der Waals surface area contributed by atoms with E-state index in [2.05, 4.69) is 29.2 Å². The molecule has 0 saturated heterocycles. The van der Waals surface area contributed by atoms with Gasteiger partial charge in [0.1, 0.15) is 9.86 Å². The maximum atomic E-state index is 5.33. The van der Waals surface area contributed by atoms with Crippen LogP contribution in [0.15, 0.2) is 16.5 Å². The molecule has 0 radical (unpaired) electrons. The lowest BCUT2D eigenvalue weighted by Crippen LogP contribution is -2.10. The summed E-state index contributed by atoms with van der Waals surface area (Å²) < 4.78 is 0. The van der Waals surface area contributed by atoms with Gasteiger partial charge < -0.3 is 0 Å². The first kappa shape index (κ1) is 10.7. The summed E-state index contributed by atoms with van der Waals surface area (Å²) >= 11 is 3.32. The van der Waals surface area contributed by atoms with Crippen molar-refractivity contribution in [3.05, 3.63) is 11.4 Å². The van der Waals surface area contributed by atoms with Crippen LogP contribution in [0.5, 0.6) is 0 Å². The van der Waals surface area contributed by atoms with E-state index in [9.17, 15) is 0 Å². The molecule has 3 N–H and O–H groups in total. The summed E-state index contributed by atoms with van der Waals surface area (Å²) in [6.07, 6.45) is 0. The highest BCUT2D eigenvalue weighted by molar-refractivity contribution is 8.00. The average Bonchev–Trinajstić information content (AvgIpc) is 2.64. The van der Waals surface area contributed by atoms with Crippen molar-refractivity contribution in [2.75, 3.05) is 5.43 Å². The molecule has 0 aliphatic rings. The number of hydrogen-bond acceptors (Lipinski definition) is 6. The van der Waals surface area contributed by atoms with Crippen LogP contribution in [0.25, 0.3) is 10.2 Å². The number of nitrogens with one attached hydrogen (secondary N) is 1. The fourth-order valence-electron chi connectivity index (χ4n) is 1.21. The fraction of sp³-hybridized carbons (Fsp3) is 0.333. The van der Waals surface area contributed by atoms with Crippen molar-refractivity contribution >= 4 is 39.3 Å². The number of rotatable bonds is 3. The Morgan fingerprint density at radius 1 is 1.47 bits per heavy atom. The number of anilines is 1. The average molecular weight is 240 g/mol. The number of nitrogens with two attached hydrogens (primary N) is 1. The third kappa shape index (κ3) is 2.22. The van der Waals surface area contributed by atoms with E-state index in [1.807, 2.05) is 11.4 Å². The van der Waals surface area contributed by atoms with Crippen LogP contribution in [0.4, 0.5) is 5.95 Å². The first-order valence-electron chi connectivity index (χ1n) is 4.59. The van der Waals surface area contributed by atoms with Crippen LogP contribution in [0.3, 0.4) is 0 Å². The predicted octanol–water partition coefficient (Wildman–Crippen LogP) is 2.48. The second kappa shape index (κ2) is 4.34. The maximum absolute atomic E-state index is 5.33. The minimum absolute atomic E-state index is 0.480.